The molecule has 2 rings (SSSR count). The van der Waals surface area contributed by atoms with Crippen molar-refractivity contribution in [3.05, 3.63) is 22.4 Å². The molecule has 0 unspecified atom stereocenters. The third-order valence-electron chi connectivity index (χ3n) is 2.06. The van der Waals surface area contributed by atoms with Crippen LogP contribution in [0, 0.1) is 5.82 Å². The van der Waals surface area contributed by atoms with Gasteiger partial charge in [0, 0.05) is 11.5 Å². The van der Waals surface area contributed by atoms with Crippen LogP contribution in [0.25, 0.3) is 0 Å². The fourth-order valence-electron chi connectivity index (χ4n) is 1.53. The number of anilines is 2. The monoisotopic (exact) mass is 258 g/mol. The molecule has 1 aliphatic heterocycles. The minimum Gasteiger partial charge on any atom is -0.363 e. The lowest BCUT2D eigenvalue weighted by atomic mass is 10.2. The Balaban J connectivity index is 2.58. The van der Waals surface area contributed by atoms with E-state index in [-0.39, 0.29) is 18.3 Å². The van der Waals surface area contributed by atoms with Crippen molar-refractivity contribution >= 4 is 33.2 Å². The number of nitrogens with zero attached hydrogens (tertiary/aromatic N) is 1. The summed E-state index contributed by atoms with van der Waals surface area (Å²) in [6, 6.07) is 2.69. The maximum atomic E-state index is 13.0. The molecule has 0 saturated carbocycles. The van der Waals surface area contributed by atoms with Crippen molar-refractivity contribution in [1.29, 1.82) is 0 Å². The van der Waals surface area contributed by atoms with E-state index < -0.39 is 0 Å². The predicted molar refractivity (Wildman–Crippen MR) is 56.0 cm³/mol. The number of likely N-dealkylation sites (N-methyl/N-ethyl adjacent to an activating group) is 1. The van der Waals surface area contributed by atoms with Crippen molar-refractivity contribution in [3.63, 3.8) is 0 Å². The van der Waals surface area contributed by atoms with Crippen molar-refractivity contribution in [1.82, 2.24) is 0 Å². The molecule has 3 nitrogen and oxygen atoms in total. The number of carbonyl (C=O) groups excluding carboxylic acids is 1. The molecule has 0 spiro atoms. The average molecular weight is 259 g/mol. The van der Waals surface area contributed by atoms with Gasteiger partial charge in [0.1, 0.15) is 5.82 Å². The molecule has 74 valence electrons. The second-order valence-electron chi connectivity index (χ2n) is 3.19. The molecular formula is C9H8BrFN2O. The molecule has 1 aromatic rings. The SMILES string of the molecule is CN1CC(=O)Nc2cc(F)cc(Br)c21. The summed E-state index contributed by atoms with van der Waals surface area (Å²) < 4.78 is 13.7. The number of hydrogen-bond acceptors (Lipinski definition) is 2. The highest BCUT2D eigenvalue weighted by Crippen LogP contribution is 2.36. The number of rotatable bonds is 0. The fraction of sp³-hybridized carbons (Fsp3) is 0.222. The van der Waals surface area contributed by atoms with Gasteiger partial charge in [0.25, 0.3) is 0 Å². The highest BCUT2D eigenvalue weighted by atomic mass is 79.9. The Hall–Kier alpha value is -1.10. The normalized spacial score (nSPS) is 15.1. The molecule has 0 bridgehead atoms. The fourth-order valence-corrected chi connectivity index (χ4v) is 2.27. The number of benzene rings is 1. The van der Waals surface area contributed by atoms with Gasteiger partial charge in [-0.15, -0.1) is 0 Å². The number of halogens is 2. The molecule has 1 aromatic carbocycles. The van der Waals surface area contributed by atoms with Gasteiger partial charge in [-0.25, -0.2) is 4.39 Å². The lowest BCUT2D eigenvalue weighted by Crippen LogP contribution is -2.35. The minimum absolute atomic E-state index is 0.127. The molecule has 0 aliphatic carbocycles. The zero-order chi connectivity index (χ0) is 10.3. The van der Waals surface area contributed by atoms with Gasteiger partial charge in [0.05, 0.1) is 17.9 Å². The standard InChI is InChI=1S/C9H8BrFN2O/c1-13-4-8(14)12-7-3-5(11)2-6(10)9(7)13/h2-3H,4H2,1H3,(H,12,14). The quantitative estimate of drug-likeness (QED) is 0.772. The van der Waals surface area contributed by atoms with E-state index in [0.717, 1.165) is 5.69 Å². The van der Waals surface area contributed by atoms with Gasteiger partial charge >= 0.3 is 0 Å². The molecule has 1 aliphatic rings. The van der Waals surface area contributed by atoms with Crippen LogP contribution >= 0.6 is 15.9 Å². The van der Waals surface area contributed by atoms with Crippen LogP contribution in [0.5, 0.6) is 0 Å². The smallest absolute Gasteiger partial charge is 0.243 e. The van der Waals surface area contributed by atoms with Crippen LogP contribution in [0.3, 0.4) is 0 Å². The van der Waals surface area contributed by atoms with Crippen molar-refractivity contribution in [2.75, 3.05) is 23.8 Å². The molecule has 1 N–H and O–H groups in total. The third kappa shape index (κ3) is 1.48. The van der Waals surface area contributed by atoms with Gasteiger partial charge in [-0.05, 0) is 28.1 Å². The highest BCUT2D eigenvalue weighted by Gasteiger charge is 2.22. The first-order valence-corrected chi connectivity index (χ1v) is 4.87. The molecule has 0 radical (unpaired) electrons. The predicted octanol–water partition coefficient (Wildman–Crippen LogP) is 1.98. The number of carbonyl (C=O) groups is 1. The second-order valence-corrected chi connectivity index (χ2v) is 4.04. The number of hydrogen-bond donors (Lipinski definition) is 1. The van der Waals surface area contributed by atoms with Gasteiger partial charge in [0.15, 0.2) is 0 Å². The minimum atomic E-state index is -0.369. The van der Waals surface area contributed by atoms with Crippen LogP contribution in [-0.2, 0) is 4.79 Å². The summed E-state index contributed by atoms with van der Waals surface area (Å²) in [6.07, 6.45) is 0. The van der Waals surface area contributed by atoms with Gasteiger partial charge in [-0.2, -0.15) is 0 Å². The molecule has 0 aromatic heterocycles. The average Bonchev–Trinajstić information content (AvgIpc) is 1.99. The van der Waals surface area contributed by atoms with E-state index in [1.807, 2.05) is 0 Å². The van der Waals surface area contributed by atoms with Crippen molar-refractivity contribution < 1.29 is 9.18 Å². The summed E-state index contributed by atoms with van der Waals surface area (Å²) in [5.74, 6) is -0.497. The van der Waals surface area contributed by atoms with Crippen molar-refractivity contribution in [3.8, 4) is 0 Å². The lowest BCUT2D eigenvalue weighted by Gasteiger charge is -2.28. The Bertz CT molecular complexity index is 408. The van der Waals surface area contributed by atoms with E-state index in [1.165, 1.54) is 12.1 Å². The van der Waals surface area contributed by atoms with E-state index in [2.05, 4.69) is 21.2 Å². The van der Waals surface area contributed by atoms with E-state index in [0.29, 0.717) is 10.2 Å². The van der Waals surface area contributed by atoms with Crippen LogP contribution in [0.2, 0.25) is 0 Å². The van der Waals surface area contributed by atoms with E-state index in [9.17, 15) is 9.18 Å². The molecule has 1 amide bonds. The Morgan fingerprint density at radius 1 is 1.57 bits per heavy atom. The largest absolute Gasteiger partial charge is 0.363 e. The van der Waals surface area contributed by atoms with Crippen LogP contribution < -0.4 is 10.2 Å². The van der Waals surface area contributed by atoms with E-state index in [4.69, 9.17) is 0 Å². The molecule has 5 heteroatoms. The summed E-state index contributed by atoms with van der Waals surface area (Å²) >= 11 is 3.26. The molecule has 1 heterocycles. The summed E-state index contributed by atoms with van der Waals surface area (Å²) in [6.45, 7) is 0.289. The lowest BCUT2D eigenvalue weighted by molar-refractivity contribution is -0.115. The second kappa shape index (κ2) is 3.24. The van der Waals surface area contributed by atoms with Crippen molar-refractivity contribution in [2.45, 2.75) is 0 Å². The molecule has 0 fully saturated rings. The zero-order valence-electron chi connectivity index (χ0n) is 7.47. The molecular weight excluding hydrogens is 251 g/mol. The molecule has 14 heavy (non-hydrogen) atoms. The first-order chi connectivity index (χ1) is 6.58. The summed E-state index contributed by atoms with van der Waals surface area (Å²) in [5, 5.41) is 2.62. The number of nitrogens with one attached hydrogen (secondary N) is 1. The van der Waals surface area contributed by atoms with Gasteiger partial charge < -0.3 is 10.2 Å². The van der Waals surface area contributed by atoms with Crippen LogP contribution in [-0.4, -0.2) is 19.5 Å². The van der Waals surface area contributed by atoms with Gasteiger partial charge in [-0.1, -0.05) is 0 Å². The van der Waals surface area contributed by atoms with Crippen LogP contribution in [0.1, 0.15) is 0 Å². The van der Waals surface area contributed by atoms with Crippen molar-refractivity contribution in [2.24, 2.45) is 0 Å². The third-order valence-corrected chi connectivity index (χ3v) is 2.67. The Labute approximate surface area is 89.0 Å². The summed E-state index contributed by atoms with van der Waals surface area (Å²) in [7, 11) is 1.79. The highest BCUT2D eigenvalue weighted by molar-refractivity contribution is 9.10. The Kier molecular flexibility index (Phi) is 2.19. The number of fused-ring (bicyclic) bond motifs is 1. The Morgan fingerprint density at radius 2 is 2.29 bits per heavy atom. The van der Waals surface area contributed by atoms with Gasteiger partial charge in [-0.3, -0.25) is 4.79 Å². The topological polar surface area (TPSA) is 32.3 Å². The first-order valence-electron chi connectivity index (χ1n) is 4.08. The summed E-state index contributed by atoms with van der Waals surface area (Å²) in [5.41, 5.74) is 1.32. The maximum absolute atomic E-state index is 13.0. The molecule has 0 saturated heterocycles. The van der Waals surface area contributed by atoms with E-state index >= 15 is 0 Å². The Morgan fingerprint density at radius 3 is 3.00 bits per heavy atom. The summed E-state index contributed by atoms with van der Waals surface area (Å²) in [4.78, 5) is 12.9. The van der Waals surface area contributed by atoms with Crippen LogP contribution in [0.15, 0.2) is 16.6 Å². The maximum Gasteiger partial charge on any atom is 0.243 e. The first kappa shape index (κ1) is 9.45. The zero-order valence-corrected chi connectivity index (χ0v) is 9.06. The number of amides is 1. The van der Waals surface area contributed by atoms with Crippen LogP contribution in [0.4, 0.5) is 15.8 Å². The van der Waals surface area contributed by atoms with Gasteiger partial charge in [0.2, 0.25) is 5.91 Å². The molecule has 0 atom stereocenters. The van der Waals surface area contributed by atoms with E-state index in [1.54, 1.807) is 11.9 Å².